The van der Waals surface area contributed by atoms with Gasteiger partial charge in [0, 0.05) is 30.2 Å². The van der Waals surface area contributed by atoms with Crippen molar-refractivity contribution in [3.8, 4) is 11.5 Å². The SMILES string of the molecule is C=C(C)c1cc2cc(NC(=O)C3(c4ccc5c(c4)OC(F)(F)O5)CC3)c(F)cc2n1CCN. The monoisotopic (exact) mass is 457 g/mol. The second kappa shape index (κ2) is 7.28. The number of hydrogen-bond donors (Lipinski definition) is 2. The van der Waals surface area contributed by atoms with Gasteiger partial charge in [-0.15, -0.1) is 8.78 Å². The Labute approximate surface area is 187 Å². The number of anilines is 1. The van der Waals surface area contributed by atoms with Crippen LogP contribution in [0.3, 0.4) is 0 Å². The third kappa shape index (κ3) is 3.52. The first kappa shape index (κ1) is 21.4. The Hall–Kier alpha value is -3.46. The molecule has 1 aliphatic carbocycles. The van der Waals surface area contributed by atoms with E-state index in [4.69, 9.17) is 5.73 Å². The van der Waals surface area contributed by atoms with Crippen molar-refractivity contribution in [2.24, 2.45) is 5.73 Å². The number of allylic oxidation sites excluding steroid dienone is 1. The number of ether oxygens (including phenoxy) is 2. The molecule has 9 heteroatoms. The van der Waals surface area contributed by atoms with E-state index in [9.17, 15) is 18.0 Å². The second-order valence-corrected chi connectivity index (χ2v) is 8.51. The Morgan fingerprint density at radius 3 is 2.58 bits per heavy atom. The van der Waals surface area contributed by atoms with E-state index in [1.54, 1.807) is 12.1 Å². The molecule has 2 aliphatic rings. The number of fused-ring (bicyclic) bond motifs is 2. The van der Waals surface area contributed by atoms with Gasteiger partial charge in [-0.25, -0.2) is 4.39 Å². The third-order valence-corrected chi connectivity index (χ3v) is 6.17. The summed E-state index contributed by atoms with van der Waals surface area (Å²) in [5.74, 6) is -1.21. The van der Waals surface area contributed by atoms with Crippen LogP contribution < -0.4 is 20.5 Å². The highest BCUT2D eigenvalue weighted by Crippen LogP contribution is 2.52. The van der Waals surface area contributed by atoms with Crippen molar-refractivity contribution in [2.45, 2.75) is 38.0 Å². The molecule has 3 N–H and O–H groups in total. The maximum absolute atomic E-state index is 15.0. The quantitative estimate of drug-likeness (QED) is 0.559. The maximum Gasteiger partial charge on any atom is 0.586 e. The molecule has 3 aromatic rings. The molecule has 2 aromatic carbocycles. The predicted molar refractivity (Wildman–Crippen MR) is 118 cm³/mol. The Balaban J connectivity index is 1.45. The summed E-state index contributed by atoms with van der Waals surface area (Å²) in [7, 11) is 0. The molecule has 2 heterocycles. The Morgan fingerprint density at radius 1 is 1.18 bits per heavy atom. The fourth-order valence-corrected chi connectivity index (χ4v) is 4.36. The number of nitrogens with one attached hydrogen (secondary N) is 1. The molecule has 0 saturated heterocycles. The van der Waals surface area contributed by atoms with E-state index in [0.717, 1.165) is 16.7 Å². The van der Waals surface area contributed by atoms with Crippen molar-refractivity contribution < 1.29 is 27.4 Å². The zero-order valence-electron chi connectivity index (χ0n) is 17.9. The number of carbonyl (C=O) groups excluding carboxylic acids is 1. The van der Waals surface area contributed by atoms with Gasteiger partial charge in [0.05, 0.1) is 16.6 Å². The standard InChI is InChI=1S/C24H22F3N3O3/c1-13(2)18-10-14-9-17(16(25)12-19(14)30(18)8-7-28)29-22(31)23(5-6-23)15-3-4-20-21(11-15)33-24(26,27)32-20/h3-4,9-12H,1,5-8,28H2,2H3,(H,29,31). The number of nitrogens with two attached hydrogens (primary N) is 1. The minimum atomic E-state index is -3.73. The van der Waals surface area contributed by atoms with Crippen LogP contribution >= 0.6 is 0 Å². The Kier molecular flexibility index (Phi) is 4.72. The van der Waals surface area contributed by atoms with E-state index >= 15 is 0 Å². The number of halogens is 3. The summed E-state index contributed by atoms with van der Waals surface area (Å²) in [5, 5.41) is 3.43. The minimum Gasteiger partial charge on any atom is -0.395 e. The van der Waals surface area contributed by atoms with Gasteiger partial charge in [0.1, 0.15) is 5.82 Å². The van der Waals surface area contributed by atoms with Crippen molar-refractivity contribution >= 4 is 28.1 Å². The molecule has 0 unspecified atom stereocenters. The van der Waals surface area contributed by atoms with Gasteiger partial charge in [-0.2, -0.15) is 0 Å². The molecule has 1 aliphatic heterocycles. The average molecular weight is 457 g/mol. The molecular formula is C24H22F3N3O3. The lowest BCUT2D eigenvalue weighted by atomic mass is 9.94. The van der Waals surface area contributed by atoms with E-state index in [1.807, 2.05) is 17.6 Å². The topological polar surface area (TPSA) is 78.5 Å². The molecule has 5 rings (SSSR count). The zero-order valence-corrected chi connectivity index (χ0v) is 17.9. The lowest BCUT2D eigenvalue weighted by molar-refractivity contribution is -0.286. The third-order valence-electron chi connectivity index (χ3n) is 6.17. The largest absolute Gasteiger partial charge is 0.586 e. The Morgan fingerprint density at radius 2 is 1.91 bits per heavy atom. The first-order chi connectivity index (χ1) is 15.6. The number of hydrogen-bond acceptors (Lipinski definition) is 4. The summed E-state index contributed by atoms with van der Waals surface area (Å²) in [5.41, 5.74) is 7.65. The highest BCUT2D eigenvalue weighted by Gasteiger charge is 2.53. The molecule has 6 nitrogen and oxygen atoms in total. The van der Waals surface area contributed by atoms with Crippen LogP contribution in [0.1, 0.15) is 31.0 Å². The summed E-state index contributed by atoms with van der Waals surface area (Å²) in [6.07, 6.45) is -2.72. The van der Waals surface area contributed by atoms with Crippen LogP contribution in [0.15, 0.2) is 43.0 Å². The average Bonchev–Trinajstić information content (AvgIpc) is 3.40. The van der Waals surface area contributed by atoms with Crippen molar-refractivity contribution in [1.29, 1.82) is 0 Å². The molecule has 0 bridgehead atoms. The molecule has 0 atom stereocenters. The number of rotatable bonds is 6. The van der Waals surface area contributed by atoms with Crippen LogP contribution in [0.25, 0.3) is 16.5 Å². The van der Waals surface area contributed by atoms with Gasteiger partial charge in [-0.3, -0.25) is 4.79 Å². The molecule has 0 spiro atoms. The van der Waals surface area contributed by atoms with Crippen LogP contribution in [-0.4, -0.2) is 23.3 Å². The fraction of sp³-hybridized carbons (Fsp3) is 0.292. The second-order valence-electron chi connectivity index (χ2n) is 8.51. The van der Waals surface area contributed by atoms with Crippen LogP contribution in [0, 0.1) is 5.82 Å². The van der Waals surface area contributed by atoms with Gasteiger partial charge in [0.15, 0.2) is 11.5 Å². The van der Waals surface area contributed by atoms with Crippen molar-refractivity contribution in [3.63, 3.8) is 0 Å². The Bertz CT molecular complexity index is 1310. The summed E-state index contributed by atoms with van der Waals surface area (Å²) < 4.78 is 52.5. The lowest BCUT2D eigenvalue weighted by Crippen LogP contribution is -2.28. The highest BCUT2D eigenvalue weighted by atomic mass is 19.3. The van der Waals surface area contributed by atoms with Gasteiger partial charge >= 0.3 is 6.29 Å². The van der Waals surface area contributed by atoms with Gasteiger partial charge in [0.2, 0.25) is 5.91 Å². The number of nitrogens with zero attached hydrogens (tertiary/aromatic N) is 1. The summed E-state index contributed by atoms with van der Waals surface area (Å²) in [6.45, 7) is 6.72. The van der Waals surface area contributed by atoms with Gasteiger partial charge in [-0.1, -0.05) is 12.6 Å². The molecule has 33 heavy (non-hydrogen) atoms. The van der Waals surface area contributed by atoms with Crippen LogP contribution in [0.5, 0.6) is 11.5 Å². The van der Waals surface area contributed by atoms with Crippen molar-refractivity contribution in [3.05, 3.63) is 60.1 Å². The summed E-state index contributed by atoms with van der Waals surface area (Å²) >= 11 is 0. The summed E-state index contributed by atoms with van der Waals surface area (Å²) in [4.78, 5) is 13.2. The van der Waals surface area contributed by atoms with Crippen LogP contribution in [0.2, 0.25) is 0 Å². The van der Waals surface area contributed by atoms with E-state index in [1.165, 1.54) is 18.2 Å². The molecular weight excluding hydrogens is 435 g/mol. The van der Waals surface area contributed by atoms with E-state index in [0.29, 0.717) is 37.0 Å². The maximum atomic E-state index is 15.0. The number of carbonyl (C=O) groups is 1. The molecule has 1 fully saturated rings. The van der Waals surface area contributed by atoms with Crippen LogP contribution in [0.4, 0.5) is 18.9 Å². The van der Waals surface area contributed by atoms with Crippen molar-refractivity contribution in [1.82, 2.24) is 4.57 Å². The van der Waals surface area contributed by atoms with Crippen molar-refractivity contribution in [2.75, 3.05) is 11.9 Å². The van der Waals surface area contributed by atoms with E-state index in [-0.39, 0.29) is 17.2 Å². The molecule has 0 radical (unpaired) electrons. The normalized spacial score (nSPS) is 17.2. The van der Waals surface area contributed by atoms with Gasteiger partial charge in [0.25, 0.3) is 0 Å². The smallest absolute Gasteiger partial charge is 0.395 e. The van der Waals surface area contributed by atoms with E-state index in [2.05, 4.69) is 21.4 Å². The van der Waals surface area contributed by atoms with Gasteiger partial charge in [-0.05, 0) is 55.2 Å². The first-order valence-corrected chi connectivity index (χ1v) is 10.5. The number of alkyl halides is 2. The molecule has 1 amide bonds. The summed E-state index contributed by atoms with van der Waals surface area (Å²) in [6, 6.07) is 9.13. The fourth-order valence-electron chi connectivity index (χ4n) is 4.36. The van der Waals surface area contributed by atoms with Crippen LogP contribution in [-0.2, 0) is 16.8 Å². The molecule has 1 aromatic heterocycles. The minimum absolute atomic E-state index is 0.0456. The first-order valence-electron chi connectivity index (χ1n) is 10.5. The number of aromatic nitrogens is 1. The lowest BCUT2D eigenvalue weighted by Gasteiger charge is -2.17. The number of amides is 1. The molecule has 1 saturated carbocycles. The van der Waals surface area contributed by atoms with E-state index < -0.39 is 23.4 Å². The zero-order chi connectivity index (χ0) is 23.5. The highest BCUT2D eigenvalue weighted by molar-refractivity contribution is 6.03. The predicted octanol–water partition coefficient (Wildman–Crippen LogP) is 4.76. The van der Waals surface area contributed by atoms with Gasteiger partial charge < -0.3 is 25.1 Å². The number of benzene rings is 2. The molecule has 172 valence electrons.